The van der Waals surface area contributed by atoms with Gasteiger partial charge in [0.15, 0.2) is 0 Å². The fraction of sp³-hybridized carbons (Fsp3) is 0.600. The predicted octanol–water partition coefficient (Wildman–Crippen LogP) is 4.31. The molecule has 3 rings (SSSR count). The van der Waals surface area contributed by atoms with Crippen LogP contribution >= 0.6 is 15.9 Å². The van der Waals surface area contributed by atoms with Crippen LogP contribution in [0, 0.1) is 0 Å². The average Bonchev–Trinajstić information content (AvgIpc) is 2.40. The van der Waals surface area contributed by atoms with Crippen molar-refractivity contribution in [2.24, 2.45) is 0 Å². The predicted molar refractivity (Wildman–Crippen MR) is 75.2 cm³/mol. The van der Waals surface area contributed by atoms with Gasteiger partial charge in [0.1, 0.15) is 0 Å². The van der Waals surface area contributed by atoms with Crippen LogP contribution in [0.25, 0.3) is 0 Å². The SMILES string of the molecule is Brc1cccc2c1CCCC2N1CCCCC1. The second kappa shape index (κ2) is 5.11. The Labute approximate surface area is 112 Å². The molecule has 2 aliphatic rings. The summed E-state index contributed by atoms with van der Waals surface area (Å²) in [7, 11) is 0. The molecule has 1 saturated heterocycles. The minimum atomic E-state index is 0.691. The van der Waals surface area contributed by atoms with E-state index in [1.807, 2.05) is 0 Å². The number of benzene rings is 1. The fourth-order valence-electron chi connectivity index (χ4n) is 3.39. The normalized spacial score (nSPS) is 25.6. The van der Waals surface area contributed by atoms with Crippen molar-refractivity contribution in [1.82, 2.24) is 4.90 Å². The van der Waals surface area contributed by atoms with Gasteiger partial charge in [0, 0.05) is 10.5 Å². The van der Waals surface area contributed by atoms with Gasteiger partial charge in [0.25, 0.3) is 0 Å². The smallest absolute Gasteiger partial charge is 0.0351 e. The lowest BCUT2D eigenvalue weighted by atomic mass is 9.86. The molecule has 0 spiro atoms. The zero-order valence-electron chi connectivity index (χ0n) is 10.3. The van der Waals surface area contributed by atoms with E-state index in [0.29, 0.717) is 6.04 Å². The highest BCUT2D eigenvalue weighted by Crippen LogP contribution is 2.38. The topological polar surface area (TPSA) is 3.24 Å². The molecule has 0 radical (unpaired) electrons. The van der Waals surface area contributed by atoms with Gasteiger partial charge in [-0.05, 0) is 62.4 Å². The molecule has 1 aliphatic carbocycles. The first kappa shape index (κ1) is 11.7. The first-order valence-electron chi connectivity index (χ1n) is 6.87. The van der Waals surface area contributed by atoms with E-state index in [9.17, 15) is 0 Å². The monoisotopic (exact) mass is 293 g/mol. The highest BCUT2D eigenvalue weighted by Gasteiger charge is 2.27. The van der Waals surface area contributed by atoms with Gasteiger partial charge >= 0.3 is 0 Å². The van der Waals surface area contributed by atoms with Crippen molar-refractivity contribution < 1.29 is 0 Å². The highest BCUT2D eigenvalue weighted by molar-refractivity contribution is 9.10. The van der Waals surface area contributed by atoms with Crippen LogP contribution in [0.4, 0.5) is 0 Å². The Bertz CT molecular complexity index is 396. The van der Waals surface area contributed by atoms with Gasteiger partial charge in [-0.2, -0.15) is 0 Å². The first-order chi connectivity index (χ1) is 8.36. The van der Waals surface area contributed by atoms with E-state index in [1.54, 1.807) is 11.1 Å². The molecular formula is C15H20BrN. The van der Waals surface area contributed by atoms with Crippen molar-refractivity contribution in [2.45, 2.75) is 44.6 Å². The number of hydrogen-bond donors (Lipinski definition) is 0. The Balaban J connectivity index is 1.90. The van der Waals surface area contributed by atoms with E-state index >= 15 is 0 Å². The Kier molecular flexibility index (Phi) is 3.53. The van der Waals surface area contributed by atoms with E-state index in [2.05, 4.69) is 39.0 Å². The van der Waals surface area contributed by atoms with Gasteiger partial charge in [-0.15, -0.1) is 0 Å². The summed E-state index contributed by atoms with van der Waals surface area (Å²) in [5.74, 6) is 0. The zero-order chi connectivity index (χ0) is 11.7. The molecule has 0 aromatic heterocycles. The van der Waals surface area contributed by atoms with E-state index in [0.717, 1.165) is 0 Å². The second-order valence-corrected chi connectivity index (χ2v) is 6.17. The molecule has 0 saturated carbocycles. The molecular weight excluding hydrogens is 274 g/mol. The van der Waals surface area contributed by atoms with Crippen LogP contribution < -0.4 is 0 Å². The molecule has 1 aromatic rings. The fourth-order valence-corrected chi connectivity index (χ4v) is 3.97. The second-order valence-electron chi connectivity index (χ2n) is 5.31. The third-order valence-electron chi connectivity index (χ3n) is 4.25. The van der Waals surface area contributed by atoms with Crippen LogP contribution in [0.5, 0.6) is 0 Å². The van der Waals surface area contributed by atoms with Crippen LogP contribution in [0.2, 0.25) is 0 Å². The number of halogens is 1. The highest BCUT2D eigenvalue weighted by atomic mass is 79.9. The zero-order valence-corrected chi connectivity index (χ0v) is 11.9. The maximum atomic E-state index is 3.71. The maximum absolute atomic E-state index is 3.71. The maximum Gasteiger partial charge on any atom is 0.0351 e. The molecule has 0 bridgehead atoms. The number of rotatable bonds is 1. The van der Waals surface area contributed by atoms with Crippen molar-refractivity contribution in [3.8, 4) is 0 Å². The Morgan fingerprint density at radius 3 is 2.71 bits per heavy atom. The molecule has 1 unspecified atom stereocenters. The molecule has 1 nitrogen and oxygen atoms in total. The van der Waals surface area contributed by atoms with E-state index in [1.165, 1.54) is 56.1 Å². The summed E-state index contributed by atoms with van der Waals surface area (Å²) in [5, 5.41) is 0. The van der Waals surface area contributed by atoms with Crippen molar-refractivity contribution in [3.05, 3.63) is 33.8 Å². The minimum absolute atomic E-state index is 0.691. The molecule has 1 aromatic carbocycles. The molecule has 17 heavy (non-hydrogen) atoms. The molecule has 2 heteroatoms. The number of likely N-dealkylation sites (tertiary alicyclic amines) is 1. The van der Waals surface area contributed by atoms with Gasteiger partial charge in [0.2, 0.25) is 0 Å². The lowest BCUT2D eigenvalue weighted by Gasteiger charge is -2.38. The van der Waals surface area contributed by atoms with E-state index in [4.69, 9.17) is 0 Å². The number of nitrogens with zero attached hydrogens (tertiary/aromatic N) is 1. The van der Waals surface area contributed by atoms with E-state index in [-0.39, 0.29) is 0 Å². The molecule has 92 valence electrons. The minimum Gasteiger partial charge on any atom is -0.296 e. The first-order valence-corrected chi connectivity index (χ1v) is 7.67. The largest absolute Gasteiger partial charge is 0.296 e. The third-order valence-corrected chi connectivity index (χ3v) is 4.99. The molecule has 1 atom stereocenters. The summed E-state index contributed by atoms with van der Waals surface area (Å²) in [5.41, 5.74) is 3.15. The summed E-state index contributed by atoms with van der Waals surface area (Å²) < 4.78 is 1.32. The molecule has 0 N–H and O–H groups in total. The summed E-state index contributed by atoms with van der Waals surface area (Å²) in [6, 6.07) is 7.43. The summed E-state index contributed by atoms with van der Waals surface area (Å²) >= 11 is 3.71. The van der Waals surface area contributed by atoms with E-state index < -0.39 is 0 Å². The molecule has 1 heterocycles. The van der Waals surface area contributed by atoms with Crippen LogP contribution in [0.3, 0.4) is 0 Å². The standard InChI is InChI=1S/C15H20BrN/c16-14-8-4-7-13-12(14)6-5-9-15(13)17-10-2-1-3-11-17/h4,7-8,15H,1-3,5-6,9-11H2. The molecule has 1 aliphatic heterocycles. The van der Waals surface area contributed by atoms with Gasteiger partial charge in [-0.3, -0.25) is 4.90 Å². The van der Waals surface area contributed by atoms with Crippen LogP contribution in [0.15, 0.2) is 22.7 Å². The number of piperidine rings is 1. The van der Waals surface area contributed by atoms with Crippen molar-refractivity contribution in [1.29, 1.82) is 0 Å². The number of hydrogen-bond acceptors (Lipinski definition) is 1. The van der Waals surface area contributed by atoms with Crippen molar-refractivity contribution in [2.75, 3.05) is 13.1 Å². The van der Waals surface area contributed by atoms with Crippen molar-refractivity contribution in [3.63, 3.8) is 0 Å². The lowest BCUT2D eigenvalue weighted by molar-refractivity contribution is 0.148. The summed E-state index contributed by atoms with van der Waals surface area (Å²) in [4.78, 5) is 2.72. The van der Waals surface area contributed by atoms with Gasteiger partial charge in [0.05, 0.1) is 0 Å². The summed E-state index contributed by atoms with van der Waals surface area (Å²) in [6.07, 6.45) is 8.15. The number of fused-ring (bicyclic) bond motifs is 1. The van der Waals surface area contributed by atoms with Gasteiger partial charge in [-0.25, -0.2) is 0 Å². The van der Waals surface area contributed by atoms with Gasteiger partial charge in [-0.1, -0.05) is 34.5 Å². The van der Waals surface area contributed by atoms with Crippen LogP contribution in [0.1, 0.15) is 49.3 Å². The quantitative estimate of drug-likeness (QED) is 0.746. The van der Waals surface area contributed by atoms with Crippen LogP contribution in [-0.4, -0.2) is 18.0 Å². The summed E-state index contributed by atoms with van der Waals surface area (Å²) in [6.45, 7) is 2.60. The van der Waals surface area contributed by atoms with Gasteiger partial charge < -0.3 is 0 Å². The Morgan fingerprint density at radius 1 is 1.06 bits per heavy atom. The van der Waals surface area contributed by atoms with Crippen LogP contribution in [-0.2, 0) is 6.42 Å². The Morgan fingerprint density at radius 2 is 1.88 bits per heavy atom. The lowest BCUT2D eigenvalue weighted by Crippen LogP contribution is -2.35. The Hall–Kier alpha value is -0.340. The average molecular weight is 294 g/mol. The molecule has 0 amide bonds. The third kappa shape index (κ3) is 2.30. The van der Waals surface area contributed by atoms with Crippen molar-refractivity contribution >= 4 is 15.9 Å². The molecule has 1 fully saturated rings.